The van der Waals surface area contributed by atoms with Crippen LogP contribution in [0, 0.1) is 6.92 Å². The van der Waals surface area contributed by atoms with Gasteiger partial charge in [0.15, 0.2) is 5.65 Å². The van der Waals surface area contributed by atoms with Crippen LogP contribution in [0.4, 0.5) is 10.5 Å². The van der Waals surface area contributed by atoms with Crippen molar-refractivity contribution in [2.75, 3.05) is 31.1 Å². The molecule has 0 saturated carbocycles. The van der Waals surface area contributed by atoms with Crippen molar-refractivity contribution in [2.24, 2.45) is 0 Å². The Kier molecular flexibility index (Phi) is 7.02. The van der Waals surface area contributed by atoms with Crippen LogP contribution in [0.3, 0.4) is 0 Å². The van der Waals surface area contributed by atoms with Gasteiger partial charge in [0.2, 0.25) is 0 Å². The molecule has 9 nitrogen and oxygen atoms in total. The van der Waals surface area contributed by atoms with E-state index in [0.29, 0.717) is 42.8 Å². The first-order chi connectivity index (χ1) is 18.4. The number of anilines is 1. The van der Waals surface area contributed by atoms with E-state index in [0.717, 1.165) is 11.3 Å². The van der Waals surface area contributed by atoms with Crippen LogP contribution < -0.4 is 4.90 Å². The summed E-state index contributed by atoms with van der Waals surface area (Å²) in [4.78, 5) is 24.8. The zero-order valence-electron chi connectivity index (χ0n) is 22.3. The second kappa shape index (κ2) is 10.2. The van der Waals surface area contributed by atoms with E-state index < -0.39 is 15.6 Å². The first-order valence-corrected chi connectivity index (χ1v) is 14.4. The highest BCUT2D eigenvalue weighted by Gasteiger charge is 2.28. The molecule has 1 fully saturated rings. The lowest BCUT2D eigenvalue weighted by Gasteiger charge is -2.36. The highest BCUT2D eigenvalue weighted by atomic mass is 35.5. The number of amides is 1. The van der Waals surface area contributed by atoms with Gasteiger partial charge in [-0.3, -0.25) is 0 Å². The molecule has 1 amide bonds. The lowest BCUT2D eigenvalue weighted by molar-refractivity contribution is 0.0240. The molecule has 11 heteroatoms. The predicted octanol–water partition coefficient (Wildman–Crippen LogP) is 5.35. The third-order valence-corrected chi connectivity index (χ3v) is 8.54. The molecule has 2 aromatic heterocycles. The average molecular weight is 568 g/mol. The fourth-order valence-corrected chi connectivity index (χ4v) is 6.20. The van der Waals surface area contributed by atoms with Crippen LogP contribution in [0.15, 0.2) is 65.8 Å². The zero-order chi connectivity index (χ0) is 27.9. The average Bonchev–Trinajstić information content (AvgIpc) is 3.30. The molecule has 0 radical (unpaired) electrons. The van der Waals surface area contributed by atoms with Crippen LogP contribution >= 0.6 is 11.6 Å². The Bertz CT molecular complexity index is 1620. The molecule has 0 bridgehead atoms. The molecule has 1 aliphatic rings. The summed E-state index contributed by atoms with van der Waals surface area (Å²) in [6.45, 7) is 9.89. The van der Waals surface area contributed by atoms with Gasteiger partial charge in [-0.15, -0.1) is 0 Å². The summed E-state index contributed by atoms with van der Waals surface area (Å²) in [6.07, 6.45) is 0.956. The molecular formula is C28H30ClN5O4S. The molecular weight excluding hydrogens is 538 g/mol. The van der Waals surface area contributed by atoms with E-state index in [4.69, 9.17) is 16.3 Å². The van der Waals surface area contributed by atoms with Gasteiger partial charge in [-0.2, -0.15) is 0 Å². The Morgan fingerprint density at radius 2 is 1.59 bits per heavy atom. The number of carbonyl (C=O) groups is 1. The molecule has 1 saturated heterocycles. The van der Waals surface area contributed by atoms with Gasteiger partial charge in [-0.1, -0.05) is 41.4 Å². The Labute approximate surface area is 233 Å². The maximum absolute atomic E-state index is 13.8. The SMILES string of the molecule is Cc1ccc(S(=O)(=O)n2c(-c3ccc(N4CCN(C(=O)OC(C)(C)C)CC4)cc3)cc3c(Cl)ncnc32)cc1. The Balaban J connectivity index is 1.45. The molecule has 39 heavy (non-hydrogen) atoms. The largest absolute Gasteiger partial charge is 0.444 e. The number of hydrogen-bond acceptors (Lipinski definition) is 7. The fourth-order valence-electron chi connectivity index (χ4n) is 4.54. The highest BCUT2D eigenvalue weighted by Crippen LogP contribution is 2.34. The van der Waals surface area contributed by atoms with Crippen molar-refractivity contribution in [3.05, 3.63) is 71.6 Å². The number of ether oxygens (including phenoxy) is 1. The molecule has 1 aliphatic heterocycles. The molecule has 0 N–H and O–H groups in total. The molecule has 0 atom stereocenters. The van der Waals surface area contributed by atoms with Gasteiger partial charge in [0, 0.05) is 31.9 Å². The van der Waals surface area contributed by atoms with Gasteiger partial charge >= 0.3 is 6.09 Å². The minimum absolute atomic E-state index is 0.154. The molecule has 0 aliphatic carbocycles. The van der Waals surface area contributed by atoms with Gasteiger partial charge in [0.1, 0.15) is 17.1 Å². The van der Waals surface area contributed by atoms with Crippen molar-refractivity contribution < 1.29 is 17.9 Å². The molecule has 204 valence electrons. The van der Waals surface area contributed by atoms with Crippen LogP contribution in [0.25, 0.3) is 22.3 Å². The van der Waals surface area contributed by atoms with E-state index >= 15 is 0 Å². The van der Waals surface area contributed by atoms with Crippen molar-refractivity contribution in [3.8, 4) is 11.3 Å². The van der Waals surface area contributed by atoms with Crippen molar-refractivity contribution in [3.63, 3.8) is 0 Å². The first-order valence-electron chi connectivity index (χ1n) is 12.6. The van der Waals surface area contributed by atoms with Gasteiger partial charge in [-0.05, 0) is 63.6 Å². The molecule has 5 rings (SSSR count). The summed E-state index contributed by atoms with van der Waals surface area (Å²) >= 11 is 6.34. The lowest BCUT2D eigenvalue weighted by Crippen LogP contribution is -2.50. The second-order valence-corrected chi connectivity index (χ2v) is 12.7. The number of aryl methyl sites for hydroxylation is 1. The number of halogens is 1. The van der Waals surface area contributed by atoms with E-state index in [9.17, 15) is 13.2 Å². The van der Waals surface area contributed by atoms with Crippen LogP contribution in [-0.4, -0.2) is 65.1 Å². The Hall–Kier alpha value is -3.63. The Morgan fingerprint density at radius 1 is 0.949 bits per heavy atom. The van der Waals surface area contributed by atoms with E-state index in [2.05, 4.69) is 14.9 Å². The summed E-state index contributed by atoms with van der Waals surface area (Å²) in [6, 6.07) is 16.1. The van der Waals surface area contributed by atoms with Crippen LogP contribution in [-0.2, 0) is 14.8 Å². The van der Waals surface area contributed by atoms with E-state index in [1.165, 1.54) is 10.3 Å². The first kappa shape index (κ1) is 27.0. The van der Waals surface area contributed by atoms with Crippen molar-refractivity contribution >= 4 is 44.4 Å². The normalized spacial score (nSPS) is 14.6. The van der Waals surface area contributed by atoms with Gasteiger partial charge in [0.25, 0.3) is 10.0 Å². The van der Waals surface area contributed by atoms with Crippen LogP contribution in [0.5, 0.6) is 0 Å². The fraction of sp³-hybridized carbons (Fsp3) is 0.321. The molecule has 3 heterocycles. The van der Waals surface area contributed by atoms with Crippen LogP contribution in [0.2, 0.25) is 5.15 Å². The predicted molar refractivity (Wildman–Crippen MR) is 152 cm³/mol. The molecule has 0 spiro atoms. The van der Waals surface area contributed by atoms with E-state index in [1.54, 1.807) is 35.2 Å². The highest BCUT2D eigenvalue weighted by molar-refractivity contribution is 7.90. The second-order valence-electron chi connectivity index (χ2n) is 10.5. The summed E-state index contributed by atoms with van der Waals surface area (Å²) in [5.41, 5.74) is 2.75. The maximum atomic E-state index is 13.8. The van der Waals surface area contributed by atoms with Gasteiger partial charge in [0.05, 0.1) is 16.0 Å². The number of nitrogens with zero attached hydrogens (tertiary/aromatic N) is 5. The van der Waals surface area contributed by atoms with E-state index in [1.807, 2.05) is 52.0 Å². The number of rotatable bonds is 4. The molecule has 0 unspecified atom stereocenters. The standard InChI is InChI=1S/C28H30ClN5O4S/c1-19-5-11-22(12-6-19)39(36,37)34-24(17-23-25(29)30-18-31-26(23)34)20-7-9-21(10-8-20)32-13-15-33(16-14-32)27(35)38-28(2,3)4/h5-12,17-18H,13-16H2,1-4H3. The van der Waals surface area contributed by atoms with Crippen molar-refractivity contribution in [1.29, 1.82) is 0 Å². The number of hydrogen-bond donors (Lipinski definition) is 0. The smallest absolute Gasteiger partial charge is 0.410 e. The molecule has 4 aromatic rings. The third kappa shape index (κ3) is 5.44. The van der Waals surface area contributed by atoms with Gasteiger partial charge < -0.3 is 14.5 Å². The van der Waals surface area contributed by atoms with Crippen molar-refractivity contribution in [2.45, 2.75) is 38.2 Å². The Morgan fingerprint density at radius 3 is 2.21 bits per heavy atom. The zero-order valence-corrected chi connectivity index (χ0v) is 23.8. The van der Waals surface area contributed by atoms with Crippen molar-refractivity contribution in [1.82, 2.24) is 18.8 Å². The summed E-state index contributed by atoms with van der Waals surface area (Å²) in [5, 5.41) is 0.630. The topological polar surface area (TPSA) is 97.6 Å². The molecule has 2 aromatic carbocycles. The van der Waals surface area contributed by atoms with Gasteiger partial charge in [-0.25, -0.2) is 27.2 Å². The van der Waals surface area contributed by atoms with E-state index in [-0.39, 0.29) is 21.8 Å². The summed E-state index contributed by atoms with van der Waals surface area (Å²) in [7, 11) is -3.98. The maximum Gasteiger partial charge on any atom is 0.410 e. The number of carbonyl (C=O) groups excluding carboxylic acids is 1. The number of fused-ring (bicyclic) bond motifs is 1. The minimum Gasteiger partial charge on any atom is -0.444 e. The monoisotopic (exact) mass is 567 g/mol. The number of piperazine rings is 1. The number of aromatic nitrogens is 3. The third-order valence-electron chi connectivity index (χ3n) is 6.53. The quantitative estimate of drug-likeness (QED) is 0.306. The summed E-state index contributed by atoms with van der Waals surface area (Å²) < 4.78 is 34.4. The lowest BCUT2D eigenvalue weighted by atomic mass is 10.1. The van der Waals surface area contributed by atoms with Crippen LogP contribution in [0.1, 0.15) is 26.3 Å². The summed E-state index contributed by atoms with van der Waals surface area (Å²) in [5.74, 6) is 0. The number of benzene rings is 2. The minimum atomic E-state index is -3.98.